The molecule has 0 bridgehead atoms. The number of benzene rings is 1. The van der Waals surface area contributed by atoms with Gasteiger partial charge in [0.05, 0.1) is 6.54 Å². The number of ketones is 1. The van der Waals surface area contributed by atoms with Crippen molar-refractivity contribution in [1.82, 2.24) is 9.47 Å². The van der Waals surface area contributed by atoms with Gasteiger partial charge in [-0.05, 0) is 70.1 Å². The van der Waals surface area contributed by atoms with Gasteiger partial charge in [-0.3, -0.25) is 9.69 Å². The predicted octanol–water partition coefficient (Wildman–Crippen LogP) is 3.34. The fourth-order valence-corrected chi connectivity index (χ4v) is 3.47. The zero-order valence-corrected chi connectivity index (χ0v) is 14.0. The van der Waals surface area contributed by atoms with Crippen molar-refractivity contribution in [2.24, 2.45) is 0 Å². The first kappa shape index (κ1) is 15.8. The Labute approximate surface area is 137 Å². The maximum atomic E-state index is 12.7. The van der Waals surface area contributed by atoms with E-state index in [2.05, 4.69) is 9.47 Å². The first-order chi connectivity index (χ1) is 11.1. The van der Waals surface area contributed by atoms with Crippen LogP contribution in [0.2, 0.25) is 0 Å². The number of nitrogen functional groups attached to an aromatic ring is 1. The first-order valence-electron chi connectivity index (χ1n) is 8.36. The lowest BCUT2D eigenvalue weighted by Crippen LogP contribution is -2.34. The summed E-state index contributed by atoms with van der Waals surface area (Å²) in [6.07, 6.45) is 3.70. The minimum Gasteiger partial charge on any atom is -0.399 e. The lowest BCUT2D eigenvalue weighted by molar-refractivity contribution is 0.0915. The molecule has 0 radical (unpaired) electrons. The molecule has 23 heavy (non-hydrogen) atoms. The normalized spacial score (nSPS) is 15.7. The first-order valence-corrected chi connectivity index (χ1v) is 8.36. The highest BCUT2D eigenvalue weighted by molar-refractivity contribution is 5.99. The van der Waals surface area contributed by atoms with E-state index in [9.17, 15) is 4.79 Å². The summed E-state index contributed by atoms with van der Waals surface area (Å²) in [5.74, 6) is 0.224. The minimum atomic E-state index is 0.224. The lowest BCUT2D eigenvalue weighted by atomic mass is 10.1. The van der Waals surface area contributed by atoms with Crippen molar-refractivity contribution in [2.45, 2.75) is 33.1 Å². The molecule has 0 saturated carbocycles. The molecule has 1 saturated heterocycles. The number of piperidine rings is 1. The second-order valence-electron chi connectivity index (χ2n) is 6.47. The van der Waals surface area contributed by atoms with Crippen molar-refractivity contribution >= 4 is 11.5 Å². The van der Waals surface area contributed by atoms with Crippen LogP contribution in [0.15, 0.2) is 30.3 Å². The van der Waals surface area contributed by atoms with Gasteiger partial charge in [0.25, 0.3) is 0 Å². The Morgan fingerprint density at radius 2 is 1.74 bits per heavy atom. The Kier molecular flexibility index (Phi) is 4.53. The van der Waals surface area contributed by atoms with Crippen molar-refractivity contribution in [1.29, 1.82) is 0 Å². The molecule has 2 heterocycles. The second-order valence-corrected chi connectivity index (χ2v) is 6.47. The van der Waals surface area contributed by atoms with Crippen LogP contribution >= 0.6 is 0 Å². The Bertz CT molecular complexity index is 694. The number of aromatic nitrogens is 1. The van der Waals surface area contributed by atoms with Gasteiger partial charge in [-0.2, -0.15) is 0 Å². The van der Waals surface area contributed by atoms with Crippen molar-refractivity contribution in [2.75, 3.05) is 25.4 Å². The molecule has 1 aliphatic rings. The average molecular weight is 311 g/mol. The summed E-state index contributed by atoms with van der Waals surface area (Å²) in [6.45, 7) is 6.69. The number of aryl methyl sites for hydroxylation is 1. The van der Waals surface area contributed by atoms with E-state index < -0.39 is 0 Å². The lowest BCUT2D eigenvalue weighted by Gasteiger charge is -2.25. The Morgan fingerprint density at radius 1 is 1.09 bits per heavy atom. The average Bonchev–Trinajstić information content (AvgIpc) is 2.84. The third-order valence-electron chi connectivity index (χ3n) is 4.70. The molecule has 4 heteroatoms. The largest absolute Gasteiger partial charge is 0.399 e. The number of Topliss-reactive ketones (excluding diaryl/α,β-unsaturated/α-hetero) is 1. The highest BCUT2D eigenvalue weighted by Crippen LogP contribution is 2.22. The van der Waals surface area contributed by atoms with E-state index in [1.54, 1.807) is 0 Å². The Morgan fingerprint density at radius 3 is 2.39 bits per heavy atom. The maximum absolute atomic E-state index is 12.7. The van der Waals surface area contributed by atoms with Crippen molar-refractivity contribution in [3.05, 3.63) is 47.3 Å². The van der Waals surface area contributed by atoms with Crippen LogP contribution in [0.25, 0.3) is 5.69 Å². The smallest absolute Gasteiger partial charge is 0.178 e. The van der Waals surface area contributed by atoms with E-state index >= 15 is 0 Å². The van der Waals surface area contributed by atoms with E-state index in [0.717, 1.165) is 41.4 Å². The van der Waals surface area contributed by atoms with Crippen molar-refractivity contribution in [3.8, 4) is 5.69 Å². The second kappa shape index (κ2) is 6.59. The zero-order valence-electron chi connectivity index (χ0n) is 14.0. The molecular formula is C19H25N3O. The fraction of sp³-hybridized carbons (Fsp3) is 0.421. The molecule has 2 aromatic rings. The van der Waals surface area contributed by atoms with E-state index in [4.69, 9.17) is 5.73 Å². The standard InChI is InChI=1S/C19H25N3O/c1-14-12-18(19(23)13-21-10-4-3-5-11-21)15(2)22(14)17-8-6-16(20)7-9-17/h6-9,12H,3-5,10-11,13,20H2,1-2H3. The Hall–Kier alpha value is -2.07. The molecule has 0 amide bonds. The molecule has 1 aliphatic heterocycles. The van der Waals surface area contributed by atoms with Gasteiger partial charge in [-0.15, -0.1) is 0 Å². The molecule has 0 aliphatic carbocycles. The summed E-state index contributed by atoms with van der Waals surface area (Å²) >= 11 is 0. The fourth-order valence-electron chi connectivity index (χ4n) is 3.47. The van der Waals surface area contributed by atoms with Gasteiger partial charge in [0.15, 0.2) is 5.78 Å². The van der Waals surface area contributed by atoms with Crippen LogP contribution < -0.4 is 5.73 Å². The third-order valence-corrected chi connectivity index (χ3v) is 4.70. The topological polar surface area (TPSA) is 51.3 Å². The van der Waals surface area contributed by atoms with Gasteiger partial charge in [0.1, 0.15) is 0 Å². The molecule has 1 fully saturated rings. The molecule has 122 valence electrons. The molecule has 2 N–H and O–H groups in total. The van der Waals surface area contributed by atoms with Crippen LogP contribution in [0.5, 0.6) is 0 Å². The molecule has 0 unspecified atom stereocenters. The van der Waals surface area contributed by atoms with Gasteiger partial charge in [-0.25, -0.2) is 0 Å². The Balaban J connectivity index is 1.85. The van der Waals surface area contributed by atoms with E-state index in [1.165, 1.54) is 19.3 Å². The molecule has 1 aromatic heterocycles. The predicted molar refractivity (Wildman–Crippen MR) is 94.3 cm³/mol. The van der Waals surface area contributed by atoms with E-state index in [0.29, 0.717) is 6.54 Å². The molecular weight excluding hydrogens is 286 g/mol. The zero-order chi connectivity index (χ0) is 16.4. The van der Waals surface area contributed by atoms with Gasteiger partial charge < -0.3 is 10.3 Å². The molecule has 3 rings (SSSR count). The summed E-state index contributed by atoms with van der Waals surface area (Å²) in [7, 11) is 0. The number of carbonyl (C=O) groups is 1. The van der Waals surface area contributed by atoms with Crippen molar-refractivity contribution < 1.29 is 4.79 Å². The highest BCUT2D eigenvalue weighted by atomic mass is 16.1. The monoisotopic (exact) mass is 311 g/mol. The van der Waals surface area contributed by atoms with Gasteiger partial charge in [0, 0.05) is 28.3 Å². The van der Waals surface area contributed by atoms with Crippen LogP contribution in [0.1, 0.15) is 41.0 Å². The van der Waals surface area contributed by atoms with Crippen LogP contribution in [-0.2, 0) is 0 Å². The van der Waals surface area contributed by atoms with Gasteiger partial charge in [-0.1, -0.05) is 6.42 Å². The number of hydrogen-bond acceptors (Lipinski definition) is 3. The number of rotatable bonds is 4. The number of likely N-dealkylation sites (tertiary alicyclic amines) is 1. The summed E-state index contributed by atoms with van der Waals surface area (Å²) in [5.41, 5.74) is 10.5. The van der Waals surface area contributed by atoms with E-state index in [1.807, 2.05) is 44.2 Å². The number of carbonyl (C=O) groups excluding carboxylic acids is 1. The summed E-state index contributed by atoms with van der Waals surface area (Å²) < 4.78 is 2.13. The van der Waals surface area contributed by atoms with Crippen LogP contribution in [0.4, 0.5) is 5.69 Å². The van der Waals surface area contributed by atoms with Crippen molar-refractivity contribution in [3.63, 3.8) is 0 Å². The van der Waals surface area contributed by atoms with Crippen LogP contribution in [-0.4, -0.2) is 34.9 Å². The van der Waals surface area contributed by atoms with E-state index in [-0.39, 0.29) is 5.78 Å². The molecule has 0 spiro atoms. The van der Waals surface area contributed by atoms with Crippen LogP contribution in [0, 0.1) is 13.8 Å². The minimum absolute atomic E-state index is 0.224. The molecule has 1 aromatic carbocycles. The number of nitrogens with zero attached hydrogens (tertiary/aromatic N) is 2. The summed E-state index contributed by atoms with van der Waals surface area (Å²) in [6, 6.07) is 9.79. The number of hydrogen-bond donors (Lipinski definition) is 1. The van der Waals surface area contributed by atoms with Gasteiger partial charge in [0.2, 0.25) is 0 Å². The summed E-state index contributed by atoms with van der Waals surface area (Å²) in [5, 5.41) is 0. The number of anilines is 1. The van der Waals surface area contributed by atoms with Gasteiger partial charge >= 0.3 is 0 Å². The SMILES string of the molecule is Cc1cc(C(=O)CN2CCCCC2)c(C)n1-c1ccc(N)cc1. The molecule has 4 nitrogen and oxygen atoms in total. The van der Waals surface area contributed by atoms with Crippen LogP contribution in [0.3, 0.4) is 0 Å². The third kappa shape index (κ3) is 3.32. The maximum Gasteiger partial charge on any atom is 0.178 e. The highest BCUT2D eigenvalue weighted by Gasteiger charge is 2.20. The summed E-state index contributed by atoms with van der Waals surface area (Å²) in [4.78, 5) is 15.0. The number of nitrogens with two attached hydrogens (primary N) is 1. The molecule has 0 atom stereocenters. The quantitative estimate of drug-likeness (QED) is 0.696.